The van der Waals surface area contributed by atoms with Gasteiger partial charge in [0.2, 0.25) is 0 Å². The summed E-state index contributed by atoms with van der Waals surface area (Å²) in [5.74, 6) is 0. The highest BCUT2D eigenvalue weighted by Gasteiger charge is 2.33. The van der Waals surface area contributed by atoms with Crippen LogP contribution in [0.15, 0.2) is 0 Å². The number of rotatable bonds is 0. The molecule has 1 aliphatic heterocycles. The molecule has 1 aliphatic rings. The highest BCUT2D eigenvalue weighted by molar-refractivity contribution is 14.1. The molecular weight excluding hydrogens is 225 g/mol. The molecule has 1 fully saturated rings. The van der Waals surface area contributed by atoms with Gasteiger partial charge in [0.1, 0.15) is 0 Å². The third-order valence-corrected chi connectivity index (χ3v) is 3.27. The monoisotopic (exact) mass is 239 g/mol. The van der Waals surface area contributed by atoms with Crippen molar-refractivity contribution < 1.29 is 0 Å². The topological polar surface area (TPSA) is 3.24 Å². The zero-order valence-electron chi connectivity index (χ0n) is 6.32. The molecule has 0 aromatic carbocycles. The molecule has 1 rings (SSSR count). The summed E-state index contributed by atoms with van der Waals surface area (Å²) in [6, 6.07) is 0. The Morgan fingerprint density at radius 3 is 2.22 bits per heavy atom. The molecule has 0 N–H and O–H groups in total. The minimum Gasteiger partial charge on any atom is -0.294 e. The number of likely N-dealkylation sites (tertiary alicyclic amines) is 1. The standard InChI is InChI=1S/C7H14IN/c1-7(2)4-6(8)9(3)5-7/h6H,4-5H2,1-3H3. The van der Waals surface area contributed by atoms with Crippen molar-refractivity contribution in [2.45, 2.75) is 24.3 Å². The molecule has 9 heavy (non-hydrogen) atoms. The van der Waals surface area contributed by atoms with Gasteiger partial charge < -0.3 is 0 Å². The Balaban J connectivity index is 2.54. The van der Waals surface area contributed by atoms with Crippen LogP contribution in [-0.4, -0.2) is 22.5 Å². The van der Waals surface area contributed by atoms with E-state index in [4.69, 9.17) is 0 Å². The molecule has 0 spiro atoms. The van der Waals surface area contributed by atoms with Gasteiger partial charge in [-0.3, -0.25) is 4.90 Å². The fourth-order valence-electron chi connectivity index (χ4n) is 1.45. The molecule has 1 heterocycles. The van der Waals surface area contributed by atoms with Crippen molar-refractivity contribution in [3.8, 4) is 0 Å². The number of halogens is 1. The Morgan fingerprint density at radius 1 is 1.56 bits per heavy atom. The van der Waals surface area contributed by atoms with Crippen LogP contribution >= 0.6 is 22.6 Å². The SMILES string of the molecule is CN1CC(C)(C)CC1I. The van der Waals surface area contributed by atoms with Crippen molar-refractivity contribution in [2.24, 2.45) is 5.41 Å². The minimum atomic E-state index is 0.556. The number of alkyl halides is 1. The summed E-state index contributed by atoms with van der Waals surface area (Å²) in [7, 11) is 2.20. The quantitative estimate of drug-likeness (QED) is 0.355. The average Bonchev–Trinajstić information content (AvgIpc) is 1.79. The van der Waals surface area contributed by atoms with Crippen molar-refractivity contribution in [3.63, 3.8) is 0 Å². The van der Waals surface area contributed by atoms with Gasteiger partial charge in [-0.2, -0.15) is 0 Å². The molecule has 0 radical (unpaired) electrons. The predicted octanol–water partition coefficient (Wildman–Crippen LogP) is 2.11. The summed E-state index contributed by atoms with van der Waals surface area (Å²) in [4.78, 5) is 2.42. The Hall–Kier alpha value is 0.690. The molecule has 1 atom stereocenters. The molecule has 0 saturated carbocycles. The van der Waals surface area contributed by atoms with E-state index in [-0.39, 0.29) is 0 Å². The van der Waals surface area contributed by atoms with Crippen LogP contribution in [0, 0.1) is 5.41 Å². The summed E-state index contributed by atoms with van der Waals surface area (Å²) in [6.07, 6.45) is 1.34. The van der Waals surface area contributed by atoms with Crippen LogP contribution in [0.5, 0.6) is 0 Å². The van der Waals surface area contributed by atoms with E-state index >= 15 is 0 Å². The smallest absolute Gasteiger partial charge is 0.0621 e. The minimum absolute atomic E-state index is 0.556. The normalized spacial score (nSPS) is 35.3. The van der Waals surface area contributed by atoms with Crippen LogP contribution < -0.4 is 0 Å². The van der Waals surface area contributed by atoms with E-state index in [0.29, 0.717) is 5.41 Å². The second kappa shape index (κ2) is 2.38. The summed E-state index contributed by atoms with van der Waals surface area (Å²) in [6.45, 7) is 5.92. The van der Waals surface area contributed by atoms with E-state index in [0.717, 1.165) is 4.05 Å². The summed E-state index contributed by atoms with van der Waals surface area (Å²) >= 11 is 2.51. The zero-order valence-corrected chi connectivity index (χ0v) is 8.47. The van der Waals surface area contributed by atoms with Gasteiger partial charge in [-0.05, 0) is 18.9 Å². The zero-order chi connectivity index (χ0) is 7.07. The number of nitrogens with zero attached hydrogens (tertiary/aromatic N) is 1. The van der Waals surface area contributed by atoms with Crippen molar-refractivity contribution >= 4 is 22.6 Å². The van der Waals surface area contributed by atoms with Gasteiger partial charge in [0.15, 0.2) is 0 Å². The fourth-order valence-corrected chi connectivity index (χ4v) is 2.84. The highest BCUT2D eigenvalue weighted by atomic mass is 127. The lowest BCUT2D eigenvalue weighted by molar-refractivity contribution is 0.334. The van der Waals surface area contributed by atoms with E-state index in [2.05, 4.69) is 48.4 Å². The van der Waals surface area contributed by atoms with Crippen LogP contribution in [-0.2, 0) is 0 Å². The van der Waals surface area contributed by atoms with E-state index in [1.54, 1.807) is 0 Å². The van der Waals surface area contributed by atoms with Gasteiger partial charge in [0.25, 0.3) is 0 Å². The molecule has 0 amide bonds. The first-order chi connectivity index (χ1) is 4.01. The Labute approximate surface area is 70.9 Å². The second-order valence-electron chi connectivity index (χ2n) is 3.72. The number of hydrogen-bond donors (Lipinski definition) is 0. The largest absolute Gasteiger partial charge is 0.294 e. The van der Waals surface area contributed by atoms with Gasteiger partial charge >= 0.3 is 0 Å². The molecule has 0 aromatic heterocycles. The summed E-state index contributed by atoms with van der Waals surface area (Å²) in [5.41, 5.74) is 0.556. The van der Waals surface area contributed by atoms with Crippen LogP contribution in [0.3, 0.4) is 0 Å². The molecule has 2 heteroatoms. The Kier molecular flexibility index (Phi) is 2.06. The van der Waals surface area contributed by atoms with E-state index in [1.807, 2.05) is 0 Å². The second-order valence-corrected chi connectivity index (χ2v) is 5.16. The summed E-state index contributed by atoms with van der Waals surface area (Å²) in [5, 5.41) is 0. The number of hydrogen-bond acceptors (Lipinski definition) is 1. The first kappa shape index (κ1) is 7.79. The first-order valence-electron chi connectivity index (χ1n) is 3.36. The van der Waals surface area contributed by atoms with E-state index in [1.165, 1.54) is 13.0 Å². The molecule has 1 unspecified atom stereocenters. The average molecular weight is 239 g/mol. The van der Waals surface area contributed by atoms with Crippen molar-refractivity contribution in [2.75, 3.05) is 13.6 Å². The van der Waals surface area contributed by atoms with Gasteiger partial charge in [0, 0.05) is 6.54 Å². The summed E-state index contributed by atoms with van der Waals surface area (Å²) < 4.78 is 0.762. The van der Waals surface area contributed by atoms with Gasteiger partial charge in [0.05, 0.1) is 4.05 Å². The van der Waals surface area contributed by atoms with Crippen molar-refractivity contribution in [1.29, 1.82) is 0 Å². The molecule has 0 aliphatic carbocycles. The molecule has 0 bridgehead atoms. The van der Waals surface area contributed by atoms with Crippen LogP contribution in [0.4, 0.5) is 0 Å². The van der Waals surface area contributed by atoms with E-state index in [9.17, 15) is 0 Å². The van der Waals surface area contributed by atoms with Gasteiger partial charge in [-0.15, -0.1) is 0 Å². The van der Waals surface area contributed by atoms with Crippen LogP contribution in [0.25, 0.3) is 0 Å². The third kappa shape index (κ3) is 1.80. The van der Waals surface area contributed by atoms with Crippen LogP contribution in [0.2, 0.25) is 0 Å². The fraction of sp³-hybridized carbons (Fsp3) is 1.00. The van der Waals surface area contributed by atoms with Gasteiger partial charge in [-0.25, -0.2) is 0 Å². The van der Waals surface area contributed by atoms with Gasteiger partial charge in [-0.1, -0.05) is 36.4 Å². The molecule has 0 aromatic rings. The maximum absolute atomic E-state index is 2.51. The third-order valence-electron chi connectivity index (χ3n) is 1.88. The lowest BCUT2D eigenvalue weighted by Crippen LogP contribution is -2.20. The van der Waals surface area contributed by atoms with Crippen molar-refractivity contribution in [3.05, 3.63) is 0 Å². The Bertz CT molecular complexity index is 99.5. The Morgan fingerprint density at radius 2 is 2.11 bits per heavy atom. The maximum Gasteiger partial charge on any atom is 0.0621 e. The lowest BCUT2D eigenvalue weighted by atomic mass is 9.93. The van der Waals surface area contributed by atoms with Crippen molar-refractivity contribution in [1.82, 2.24) is 4.90 Å². The first-order valence-corrected chi connectivity index (χ1v) is 4.60. The molecule has 54 valence electrons. The molecule has 1 nitrogen and oxygen atoms in total. The molecular formula is C7H14IN. The molecule has 1 saturated heterocycles. The van der Waals surface area contributed by atoms with E-state index < -0.39 is 0 Å². The highest BCUT2D eigenvalue weighted by Crippen LogP contribution is 2.35. The lowest BCUT2D eigenvalue weighted by Gasteiger charge is -2.15. The predicted molar refractivity (Wildman–Crippen MR) is 48.8 cm³/mol. The van der Waals surface area contributed by atoms with Crippen LogP contribution in [0.1, 0.15) is 20.3 Å². The maximum atomic E-state index is 2.51.